The summed E-state index contributed by atoms with van der Waals surface area (Å²) in [6.07, 6.45) is 0. The van der Waals surface area contributed by atoms with E-state index in [9.17, 15) is 0 Å². The summed E-state index contributed by atoms with van der Waals surface area (Å²) < 4.78 is 0. The van der Waals surface area contributed by atoms with E-state index in [0.717, 1.165) is 21.4 Å². The molecule has 0 atom stereocenters. The highest BCUT2D eigenvalue weighted by atomic mass is 35.5. The third-order valence-corrected chi connectivity index (χ3v) is 3.91. The zero-order valence-electron chi connectivity index (χ0n) is 10.1. The fourth-order valence-electron chi connectivity index (χ4n) is 1.62. The molecule has 2 aromatic carbocycles. The minimum absolute atomic E-state index is 0.274. The van der Waals surface area contributed by atoms with Crippen LogP contribution in [0.25, 0.3) is 0 Å². The maximum absolute atomic E-state index is 5.97. The topological polar surface area (TPSA) is 38.0 Å². The van der Waals surface area contributed by atoms with Crippen LogP contribution >= 0.6 is 35.6 Å². The van der Waals surface area contributed by atoms with E-state index in [1.54, 1.807) is 11.8 Å². The lowest BCUT2D eigenvalue weighted by Crippen LogP contribution is -2.19. The number of halogens is 1. The van der Waals surface area contributed by atoms with Gasteiger partial charge >= 0.3 is 0 Å². The molecular formula is C14H13ClN2S2. The van der Waals surface area contributed by atoms with E-state index in [2.05, 4.69) is 11.4 Å². The molecule has 0 aliphatic rings. The zero-order valence-corrected chi connectivity index (χ0v) is 12.5. The van der Waals surface area contributed by atoms with Gasteiger partial charge in [0.05, 0.1) is 5.69 Å². The van der Waals surface area contributed by atoms with Crippen molar-refractivity contribution in [1.29, 1.82) is 0 Å². The average Bonchev–Trinajstić information content (AvgIpc) is 2.37. The first kappa shape index (κ1) is 14.2. The van der Waals surface area contributed by atoms with Crippen molar-refractivity contribution < 1.29 is 0 Å². The van der Waals surface area contributed by atoms with Gasteiger partial charge in [0.2, 0.25) is 0 Å². The number of hydrogen-bond donors (Lipinski definition) is 2. The van der Waals surface area contributed by atoms with Crippen molar-refractivity contribution in [3.05, 3.63) is 59.1 Å². The molecule has 98 valence electrons. The van der Waals surface area contributed by atoms with Crippen LogP contribution in [0.2, 0.25) is 5.02 Å². The first-order chi connectivity index (χ1) is 9.15. The van der Waals surface area contributed by atoms with Gasteiger partial charge in [0.1, 0.15) is 0 Å². The predicted molar refractivity (Wildman–Crippen MR) is 87.9 cm³/mol. The maximum atomic E-state index is 5.97. The van der Waals surface area contributed by atoms with Crippen LogP contribution in [-0.4, -0.2) is 5.11 Å². The highest BCUT2D eigenvalue weighted by Crippen LogP contribution is 2.30. The molecule has 0 aliphatic carbocycles. The molecule has 0 aromatic heterocycles. The lowest BCUT2D eigenvalue weighted by atomic mass is 10.2. The summed E-state index contributed by atoms with van der Waals surface area (Å²) in [5.41, 5.74) is 7.63. The van der Waals surface area contributed by atoms with Crippen LogP contribution in [-0.2, 0) is 5.75 Å². The van der Waals surface area contributed by atoms with Gasteiger partial charge in [-0.3, -0.25) is 0 Å². The molecule has 0 saturated carbocycles. The molecule has 19 heavy (non-hydrogen) atoms. The standard InChI is InChI=1S/C14H13ClN2S2/c15-11-5-3-4-10(8-11)9-19-13-7-2-1-6-12(13)17-14(16)18/h1-8H,9H2,(H3,16,17,18). The van der Waals surface area contributed by atoms with E-state index in [-0.39, 0.29) is 5.11 Å². The van der Waals surface area contributed by atoms with Crippen molar-refractivity contribution in [2.45, 2.75) is 10.6 Å². The van der Waals surface area contributed by atoms with E-state index in [1.165, 1.54) is 5.56 Å². The molecule has 0 fully saturated rings. The molecule has 0 unspecified atom stereocenters. The molecule has 0 bridgehead atoms. The number of thiocarbonyl (C=S) groups is 1. The number of benzene rings is 2. The van der Waals surface area contributed by atoms with Crippen LogP contribution in [0, 0.1) is 0 Å². The van der Waals surface area contributed by atoms with Gasteiger partial charge in [-0.25, -0.2) is 0 Å². The summed E-state index contributed by atoms with van der Waals surface area (Å²) >= 11 is 12.6. The van der Waals surface area contributed by atoms with Gasteiger partial charge in [-0.15, -0.1) is 11.8 Å². The van der Waals surface area contributed by atoms with Crippen LogP contribution in [0.15, 0.2) is 53.4 Å². The summed E-state index contributed by atoms with van der Waals surface area (Å²) in [7, 11) is 0. The third-order valence-electron chi connectivity index (χ3n) is 2.43. The minimum Gasteiger partial charge on any atom is -0.376 e. The molecule has 2 aromatic rings. The lowest BCUT2D eigenvalue weighted by molar-refractivity contribution is 1.38. The Balaban J connectivity index is 2.09. The normalized spacial score (nSPS) is 10.2. The number of thioether (sulfide) groups is 1. The highest BCUT2D eigenvalue weighted by molar-refractivity contribution is 7.98. The van der Waals surface area contributed by atoms with Gasteiger partial charge in [-0.1, -0.05) is 35.9 Å². The van der Waals surface area contributed by atoms with Crippen molar-refractivity contribution in [1.82, 2.24) is 0 Å². The summed E-state index contributed by atoms with van der Waals surface area (Å²) in [6, 6.07) is 15.8. The van der Waals surface area contributed by atoms with Gasteiger partial charge in [0, 0.05) is 15.7 Å². The zero-order chi connectivity index (χ0) is 13.7. The summed E-state index contributed by atoms with van der Waals surface area (Å²) in [5.74, 6) is 0.844. The van der Waals surface area contributed by atoms with Crippen LogP contribution in [0.1, 0.15) is 5.56 Å². The molecule has 0 amide bonds. The number of nitrogens with two attached hydrogens (primary N) is 1. The Kier molecular flexibility index (Phi) is 5.07. The molecule has 2 nitrogen and oxygen atoms in total. The third kappa shape index (κ3) is 4.42. The van der Waals surface area contributed by atoms with Gasteiger partial charge in [0.15, 0.2) is 5.11 Å². The number of nitrogens with one attached hydrogen (secondary N) is 1. The van der Waals surface area contributed by atoms with Gasteiger partial charge < -0.3 is 11.1 Å². The second kappa shape index (κ2) is 6.80. The summed E-state index contributed by atoms with van der Waals surface area (Å²) in [6.45, 7) is 0. The Morgan fingerprint density at radius 2 is 2.00 bits per heavy atom. The Hall–Kier alpha value is -1.23. The monoisotopic (exact) mass is 308 g/mol. The van der Waals surface area contributed by atoms with Crippen LogP contribution in [0.4, 0.5) is 5.69 Å². The van der Waals surface area contributed by atoms with Crippen molar-refractivity contribution in [3.8, 4) is 0 Å². The predicted octanol–water partition coefficient (Wildman–Crippen LogP) is 4.29. The quantitative estimate of drug-likeness (QED) is 0.653. The molecule has 0 spiro atoms. The molecule has 0 aliphatic heterocycles. The van der Waals surface area contributed by atoms with Crippen molar-refractivity contribution in [2.75, 3.05) is 5.32 Å². The molecule has 3 N–H and O–H groups in total. The largest absolute Gasteiger partial charge is 0.376 e. The molecule has 0 heterocycles. The summed E-state index contributed by atoms with van der Waals surface area (Å²) in [4.78, 5) is 1.11. The Morgan fingerprint density at radius 3 is 2.74 bits per heavy atom. The van der Waals surface area contributed by atoms with Crippen molar-refractivity contribution >= 4 is 46.4 Å². The molecule has 0 radical (unpaired) electrons. The van der Waals surface area contributed by atoms with Gasteiger partial charge in [0.25, 0.3) is 0 Å². The first-order valence-electron chi connectivity index (χ1n) is 5.68. The Morgan fingerprint density at radius 1 is 1.21 bits per heavy atom. The van der Waals surface area contributed by atoms with E-state index in [1.807, 2.05) is 42.5 Å². The smallest absolute Gasteiger partial charge is 0.168 e. The fourth-order valence-corrected chi connectivity index (χ4v) is 2.89. The number of rotatable bonds is 4. The summed E-state index contributed by atoms with van der Waals surface area (Å²) in [5, 5.41) is 4.01. The van der Waals surface area contributed by atoms with Gasteiger partial charge in [-0.05, 0) is 42.0 Å². The number of hydrogen-bond acceptors (Lipinski definition) is 2. The van der Waals surface area contributed by atoms with Crippen molar-refractivity contribution in [3.63, 3.8) is 0 Å². The molecule has 5 heteroatoms. The highest BCUT2D eigenvalue weighted by Gasteiger charge is 2.03. The second-order valence-electron chi connectivity index (χ2n) is 3.90. The van der Waals surface area contributed by atoms with Gasteiger partial charge in [-0.2, -0.15) is 0 Å². The first-order valence-corrected chi connectivity index (χ1v) is 7.45. The Bertz CT molecular complexity index is 587. The van der Waals surface area contributed by atoms with E-state index in [0.29, 0.717) is 0 Å². The molecule has 0 saturated heterocycles. The lowest BCUT2D eigenvalue weighted by Gasteiger charge is -2.10. The number of anilines is 1. The molecular weight excluding hydrogens is 296 g/mol. The van der Waals surface area contributed by atoms with E-state index < -0.39 is 0 Å². The SMILES string of the molecule is NC(=S)Nc1ccccc1SCc1cccc(Cl)c1. The number of para-hydroxylation sites is 1. The van der Waals surface area contributed by atoms with Crippen LogP contribution in [0.3, 0.4) is 0 Å². The average molecular weight is 309 g/mol. The van der Waals surface area contributed by atoms with E-state index >= 15 is 0 Å². The Labute approximate surface area is 127 Å². The minimum atomic E-state index is 0.274. The van der Waals surface area contributed by atoms with Crippen molar-refractivity contribution in [2.24, 2.45) is 5.73 Å². The molecule has 2 rings (SSSR count). The van der Waals surface area contributed by atoms with Crippen LogP contribution in [0.5, 0.6) is 0 Å². The maximum Gasteiger partial charge on any atom is 0.168 e. The van der Waals surface area contributed by atoms with E-state index in [4.69, 9.17) is 29.6 Å². The fraction of sp³-hybridized carbons (Fsp3) is 0.0714. The second-order valence-corrected chi connectivity index (χ2v) is 5.80. The van der Waals surface area contributed by atoms with Crippen LogP contribution < -0.4 is 11.1 Å².